The summed E-state index contributed by atoms with van der Waals surface area (Å²) in [4.78, 5) is 0. The van der Waals surface area contributed by atoms with Crippen LogP contribution in [0, 0.1) is 5.41 Å². The average Bonchev–Trinajstić information content (AvgIpc) is 1.98. The molecule has 0 fully saturated rings. The van der Waals surface area contributed by atoms with Gasteiger partial charge in [0.25, 0.3) is 0 Å². The second kappa shape index (κ2) is 5.17. The van der Waals surface area contributed by atoms with Gasteiger partial charge in [-0.15, -0.1) is 0 Å². The Labute approximate surface area is 95.8 Å². The van der Waals surface area contributed by atoms with Crippen LogP contribution in [0.25, 0.3) is 0 Å². The first-order valence-electron chi connectivity index (χ1n) is 5.50. The minimum Gasteiger partial charge on any atom is -0.547 e. The summed E-state index contributed by atoms with van der Waals surface area (Å²) in [6.07, 6.45) is 2.19. The van der Waals surface area contributed by atoms with E-state index in [0.717, 1.165) is 5.76 Å². The lowest BCUT2D eigenvalue weighted by molar-refractivity contribution is 0.149. The lowest BCUT2D eigenvalue weighted by Gasteiger charge is -2.31. The van der Waals surface area contributed by atoms with E-state index < -0.39 is 8.32 Å². The molecule has 0 saturated carbocycles. The molecule has 0 spiro atoms. The molecule has 0 radical (unpaired) electrons. The first kappa shape index (κ1) is 14.7. The van der Waals surface area contributed by atoms with E-state index in [0.29, 0.717) is 0 Å². The maximum Gasteiger partial charge on any atom is 0.241 e. The number of hydrogen-bond donors (Lipinski definition) is 0. The van der Waals surface area contributed by atoms with Gasteiger partial charge in [0, 0.05) is 12.5 Å². The van der Waals surface area contributed by atoms with Gasteiger partial charge in [-0.05, 0) is 32.6 Å². The fourth-order valence-corrected chi connectivity index (χ4v) is 2.08. The van der Waals surface area contributed by atoms with E-state index in [-0.39, 0.29) is 11.5 Å². The Kier molecular flexibility index (Phi) is 5.07. The third kappa shape index (κ3) is 6.74. The molecule has 0 aliphatic carbocycles. The van der Waals surface area contributed by atoms with Crippen molar-refractivity contribution in [2.45, 2.75) is 53.4 Å². The van der Waals surface area contributed by atoms with Gasteiger partial charge in [-0.25, -0.2) is 0 Å². The van der Waals surface area contributed by atoms with Crippen LogP contribution in [0.5, 0.6) is 0 Å². The minimum absolute atomic E-state index is 0.0487. The van der Waals surface area contributed by atoms with E-state index in [1.165, 1.54) is 0 Å². The molecule has 0 rings (SSSR count). The molecule has 0 bridgehead atoms. The van der Waals surface area contributed by atoms with Crippen molar-refractivity contribution in [1.29, 1.82) is 0 Å². The summed E-state index contributed by atoms with van der Waals surface area (Å²) in [6, 6.07) is 0. The lowest BCUT2D eigenvalue weighted by Crippen LogP contribution is -2.29. The van der Waals surface area contributed by atoms with Crippen molar-refractivity contribution in [3.05, 3.63) is 11.8 Å². The monoisotopic (exact) mass is 230 g/mol. The molecule has 0 amide bonds. The number of allylic oxidation sites excluding steroid dienone is 1. The van der Waals surface area contributed by atoms with E-state index in [1.54, 1.807) is 7.11 Å². The van der Waals surface area contributed by atoms with Crippen LogP contribution in [0.2, 0.25) is 19.6 Å². The topological polar surface area (TPSA) is 18.5 Å². The van der Waals surface area contributed by atoms with Crippen LogP contribution in [-0.2, 0) is 9.16 Å². The Balaban J connectivity index is 4.84. The normalized spacial score (nSPS) is 16.4. The zero-order valence-corrected chi connectivity index (χ0v) is 12.5. The van der Waals surface area contributed by atoms with E-state index in [1.807, 2.05) is 6.92 Å². The SMILES string of the molecule is COC(C)/C=C(\O[Si](C)(C)C)C(C)(C)C. The molecule has 0 N–H and O–H groups in total. The molecule has 90 valence electrons. The van der Waals surface area contributed by atoms with Gasteiger partial charge < -0.3 is 9.16 Å². The molecule has 0 heterocycles. The largest absolute Gasteiger partial charge is 0.547 e. The Morgan fingerprint density at radius 2 is 1.67 bits per heavy atom. The zero-order valence-electron chi connectivity index (χ0n) is 11.5. The van der Waals surface area contributed by atoms with E-state index in [4.69, 9.17) is 9.16 Å². The maximum atomic E-state index is 6.09. The quantitative estimate of drug-likeness (QED) is 0.540. The maximum absolute atomic E-state index is 6.09. The highest BCUT2D eigenvalue weighted by Crippen LogP contribution is 2.29. The van der Waals surface area contributed by atoms with Crippen molar-refractivity contribution in [3.8, 4) is 0 Å². The summed E-state index contributed by atoms with van der Waals surface area (Å²) in [5, 5.41) is 0. The summed E-state index contributed by atoms with van der Waals surface area (Å²) < 4.78 is 11.3. The zero-order chi connectivity index (χ0) is 12.3. The van der Waals surface area contributed by atoms with Crippen LogP contribution in [0.3, 0.4) is 0 Å². The molecule has 15 heavy (non-hydrogen) atoms. The summed E-state index contributed by atoms with van der Waals surface area (Å²) >= 11 is 0. The van der Waals surface area contributed by atoms with Gasteiger partial charge in [0.05, 0.1) is 11.9 Å². The van der Waals surface area contributed by atoms with Gasteiger partial charge in [-0.1, -0.05) is 20.8 Å². The van der Waals surface area contributed by atoms with Crippen molar-refractivity contribution < 1.29 is 9.16 Å². The molecule has 3 heteroatoms. The van der Waals surface area contributed by atoms with Crippen LogP contribution in [-0.4, -0.2) is 21.5 Å². The molecular weight excluding hydrogens is 204 g/mol. The predicted molar refractivity (Wildman–Crippen MR) is 68.4 cm³/mol. The molecule has 1 unspecified atom stereocenters. The summed E-state index contributed by atoms with van der Waals surface area (Å²) in [5.74, 6) is 1.05. The number of methoxy groups -OCH3 is 1. The van der Waals surface area contributed by atoms with Crippen molar-refractivity contribution in [1.82, 2.24) is 0 Å². The van der Waals surface area contributed by atoms with E-state index in [9.17, 15) is 0 Å². The number of rotatable bonds is 4. The average molecular weight is 230 g/mol. The second-order valence-electron chi connectivity index (χ2n) is 5.94. The summed E-state index contributed by atoms with van der Waals surface area (Å²) in [6.45, 7) is 15.1. The van der Waals surface area contributed by atoms with Crippen molar-refractivity contribution in [3.63, 3.8) is 0 Å². The van der Waals surface area contributed by atoms with E-state index in [2.05, 4.69) is 46.5 Å². The molecule has 2 nitrogen and oxygen atoms in total. The van der Waals surface area contributed by atoms with Gasteiger partial charge in [-0.2, -0.15) is 0 Å². The molecule has 0 aromatic heterocycles. The van der Waals surface area contributed by atoms with Gasteiger partial charge in [0.1, 0.15) is 0 Å². The smallest absolute Gasteiger partial charge is 0.241 e. The van der Waals surface area contributed by atoms with Crippen LogP contribution in [0.4, 0.5) is 0 Å². The molecule has 0 aromatic carbocycles. The highest BCUT2D eigenvalue weighted by atomic mass is 28.4. The number of ether oxygens (including phenoxy) is 1. The molecule has 0 aliphatic heterocycles. The fraction of sp³-hybridized carbons (Fsp3) is 0.833. The Morgan fingerprint density at radius 1 is 1.20 bits per heavy atom. The third-order valence-corrected chi connectivity index (χ3v) is 2.75. The Bertz CT molecular complexity index is 221. The summed E-state index contributed by atoms with van der Waals surface area (Å²) in [7, 11) is 0.185. The molecule has 1 atom stereocenters. The Hall–Kier alpha value is -0.283. The molecule has 0 aliphatic rings. The van der Waals surface area contributed by atoms with Gasteiger partial charge in [-0.3, -0.25) is 0 Å². The third-order valence-electron chi connectivity index (χ3n) is 1.91. The number of hydrogen-bond acceptors (Lipinski definition) is 2. The standard InChI is InChI=1S/C12H26O2Si/c1-10(13-5)9-11(12(2,3)4)14-15(6,7)8/h9-10H,1-8H3/b11-9-. The summed E-state index contributed by atoms with van der Waals surface area (Å²) in [5.41, 5.74) is 0.0487. The van der Waals surface area contributed by atoms with Crippen LogP contribution >= 0.6 is 0 Å². The van der Waals surface area contributed by atoms with Crippen molar-refractivity contribution >= 4 is 8.32 Å². The van der Waals surface area contributed by atoms with Gasteiger partial charge in [0.15, 0.2) is 0 Å². The van der Waals surface area contributed by atoms with Gasteiger partial charge >= 0.3 is 0 Å². The molecular formula is C12H26O2Si. The predicted octanol–water partition coefficient (Wildman–Crippen LogP) is 3.80. The molecule has 0 aromatic rings. The van der Waals surface area contributed by atoms with E-state index >= 15 is 0 Å². The lowest BCUT2D eigenvalue weighted by atomic mass is 9.93. The highest BCUT2D eigenvalue weighted by Gasteiger charge is 2.25. The minimum atomic E-state index is -1.53. The second-order valence-corrected chi connectivity index (χ2v) is 10.4. The Morgan fingerprint density at radius 3 is 1.93 bits per heavy atom. The first-order valence-corrected chi connectivity index (χ1v) is 8.91. The van der Waals surface area contributed by atoms with Gasteiger partial charge in [0.2, 0.25) is 8.32 Å². The highest BCUT2D eigenvalue weighted by molar-refractivity contribution is 6.70. The van der Waals surface area contributed by atoms with Crippen molar-refractivity contribution in [2.75, 3.05) is 7.11 Å². The first-order chi connectivity index (χ1) is 6.56. The fourth-order valence-electron chi connectivity index (χ4n) is 1.05. The van der Waals surface area contributed by atoms with Crippen LogP contribution in [0.15, 0.2) is 11.8 Å². The van der Waals surface area contributed by atoms with Crippen LogP contribution < -0.4 is 0 Å². The molecule has 0 saturated heterocycles. The van der Waals surface area contributed by atoms with Crippen LogP contribution in [0.1, 0.15) is 27.7 Å². The van der Waals surface area contributed by atoms with Crippen molar-refractivity contribution in [2.24, 2.45) is 5.41 Å².